The van der Waals surface area contributed by atoms with Crippen LogP contribution >= 0.6 is 0 Å². The van der Waals surface area contributed by atoms with Gasteiger partial charge in [-0.05, 0) is 153 Å². The van der Waals surface area contributed by atoms with E-state index < -0.39 is 0 Å². The number of fused-ring (bicyclic) bond motifs is 6. The summed E-state index contributed by atoms with van der Waals surface area (Å²) >= 11 is 0. The number of rotatable bonds is 5. The molecule has 0 unspecified atom stereocenters. The summed E-state index contributed by atoms with van der Waals surface area (Å²) in [5.41, 5.74) is 20.4. The largest absolute Gasteiger partial charge is 0.310 e. The Kier molecular flexibility index (Phi) is 6.93. The van der Waals surface area contributed by atoms with Crippen molar-refractivity contribution in [2.24, 2.45) is 23.7 Å². The van der Waals surface area contributed by atoms with Crippen molar-refractivity contribution in [3.8, 4) is 44.5 Å². The molecule has 13 rings (SSSR count). The number of benzene rings is 7. The molecule has 1 spiro atoms. The minimum Gasteiger partial charge on any atom is -0.310 e. The summed E-state index contributed by atoms with van der Waals surface area (Å²) in [6.45, 7) is 4.77. The van der Waals surface area contributed by atoms with E-state index in [-0.39, 0.29) is 10.8 Å². The number of para-hydroxylation sites is 1. The third-order valence-electron chi connectivity index (χ3n) is 15.1. The van der Waals surface area contributed by atoms with E-state index in [1.54, 1.807) is 11.1 Å². The highest BCUT2D eigenvalue weighted by Crippen LogP contribution is 2.69. The highest BCUT2D eigenvalue weighted by molar-refractivity contribution is 5.93. The van der Waals surface area contributed by atoms with Gasteiger partial charge in [-0.2, -0.15) is 0 Å². The van der Waals surface area contributed by atoms with Crippen molar-refractivity contribution in [3.05, 3.63) is 186 Å². The lowest BCUT2D eigenvalue weighted by molar-refractivity contribution is -0.0399. The number of hydrogen-bond donors (Lipinski definition) is 0. The fourth-order valence-corrected chi connectivity index (χ4v) is 12.9. The quantitative estimate of drug-likeness (QED) is 0.171. The standard InChI is InChI=1S/C55H47N/c1-54(2)49-17-9-6-15-45(49)47-27-25-43(34-51(47)54)56(42-23-20-38(21-24-42)37-12-4-3-5-13-37)53-19-11-8-14-44(53)39-22-26-48-46-16-7-10-18-50(46)55(52(48)33-39)40-29-35-28-36(31-40)32-41(55)30-35/h3-27,33-36,40-41H,28-32H2,1-2H3. The highest BCUT2D eigenvalue weighted by Gasteiger charge is 2.61. The SMILES string of the molecule is CC1(C)c2ccccc2-c2ccc(N(c3ccc(-c4ccccc4)cc3)c3ccccc3-c3ccc4c(c3)C3(c5ccccc5-4)C4CC5CC(C4)CC3C5)cc21. The van der Waals surface area contributed by atoms with Crippen LogP contribution < -0.4 is 4.90 Å². The summed E-state index contributed by atoms with van der Waals surface area (Å²) in [5.74, 6) is 3.33. The topological polar surface area (TPSA) is 3.24 Å². The lowest BCUT2D eigenvalue weighted by Gasteiger charge is -2.61. The van der Waals surface area contributed by atoms with Gasteiger partial charge in [-0.25, -0.2) is 0 Å². The third-order valence-corrected chi connectivity index (χ3v) is 15.1. The van der Waals surface area contributed by atoms with Gasteiger partial charge in [0.05, 0.1) is 5.69 Å². The minimum absolute atomic E-state index is 0.0910. The maximum absolute atomic E-state index is 2.65. The van der Waals surface area contributed by atoms with E-state index in [0.717, 1.165) is 29.4 Å². The summed E-state index contributed by atoms with van der Waals surface area (Å²) in [6.07, 6.45) is 7.05. The summed E-state index contributed by atoms with van der Waals surface area (Å²) < 4.78 is 0. The first-order valence-corrected chi connectivity index (χ1v) is 21.0. The van der Waals surface area contributed by atoms with Gasteiger partial charge in [0.1, 0.15) is 0 Å². The smallest absolute Gasteiger partial charge is 0.0540 e. The molecule has 1 nitrogen and oxygen atoms in total. The van der Waals surface area contributed by atoms with Crippen molar-refractivity contribution in [2.45, 2.75) is 56.8 Å². The van der Waals surface area contributed by atoms with E-state index >= 15 is 0 Å². The molecule has 0 atom stereocenters. The normalized spacial score (nSPS) is 24.1. The molecule has 6 aliphatic rings. The van der Waals surface area contributed by atoms with Crippen molar-refractivity contribution in [2.75, 3.05) is 4.90 Å². The Morgan fingerprint density at radius 3 is 1.64 bits per heavy atom. The Labute approximate surface area is 331 Å². The van der Waals surface area contributed by atoms with Gasteiger partial charge in [0.2, 0.25) is 0 Å². The molecule has 0 N–H and O–H groups in total. The Morgan fingerprint density at radius 1 is 0.393 bits per heavy atom. The van der Waals surface area contributed by atoms with Gasteiger partial charge in [-0.15, -0.1) is 0 Å². The predicted molar refractivity (Wildman–Crippen MR) is 233 cm³/mol. The zero-order valence-corrected chi connectivity index (χ0v) is 32.4. The first-order chi connectivity index (χ1) is 27.5. The second-order valence-electron chi connectivity index (χ2n) is 18.1. The van der Waals surface area contributed by atoms with Gasteiger partial charge in [0, 0.05) is 27.8 Å². The van der Waals surface area contributed by atoms with Crippen LogP contribution in [0.15, 0.2) is 164 Å². The molecule has 0 aromatic heterocycles. The second-order valence-corrected chi connectivity index (χ2v) is 18.1. The number of anilines is 3. The van der Waals surface area contributed by atoms with Crippen molar-refractivity contribution in [3.63, 3.8) is 0 Å². The predicted octanol–water partition coefficient (Wildman–Crippen LogP) is 14.5. The van der Waals surface area contributed by atoms with E-state index in [1.165, 1.54) is 99.1 Å². The molecule has 7 aromatic rings. The van der Waals surface area contributed by atoms with Crippen LogP contribution in [0.2, 0.25) is 0 Å². The monoisotopic (exact) mass is 721 g/mol. The van der Waals surface area contributed by atoms with Crippen molar-refractivity contribution in [1.82, 2.24) is 0 Å². The van der Waals surface area contributed by atoms with Gasteiger partial charge < -0.3 is 4.90 Å². The average Bonchev–Trinajstić information content (AvgIpc) is 3.66. The molecule has 0 aliphatic heterocycles. The maximum atomic E-state index is 2.65. The zero-order valence-electron chi connectivity index (χ0n) is 32.4. The molecular weight excluding hydrogens is 675 g/mol. The molecule has 0 heterocycles. The molecule has 1 heteroatoms. The summed E-state index contributed by atoms with van der Waals surface area (Å²) in [5, 5.41) is 0. The summed E-state index contributed by atoms with van der Waals surface area (Å²) in [4.78, 5) is 2.52. The maximum Gasteiger partial charge on any atom is 0.0540 e. The lowest BCUT2D eigenvalue weighted by Crippen LogP contribution is -2.55. The molecule has 4 fully saturated rings. The Bertz CT molecular complexity index is 2650. The van der Waals surface area contributed by atoms with E-state index in [0.29, 0.717) is 0 Å². The number of hydrogen-bond acceptors (Lipinski definition) is 1. The van der Waals surface area contributed by atoms with Crippen LogP contribution in [0.3, 0.4) is 0 Å². The van der Waals surface area contributed by atoms with Crippen LogP contribution in [0, 0.1) is 23.7 Å². The molecule has 0 radical (unpaired) electrons. The molecule has 4 bridgehead atoms. The van der Waals surface area contributed by atoms with Gasteiger partial charge >= 0.3 is 0 Å². The first kappa shape index (κ1) is 32.6. The van der Waals surface area contributed by atoms with Crippen LogP contribution in [0.25, 0.3) is 44.5 Å². The van der Waals surface area contributed by atoms with E-state index in [2.05, 4.69) is 183 Å². The second kappa shape index (κ2) is 11.9. The van der Waals surface area contributed by atoms with E-state index in [4.69, 9.17) is 0 Å². The van der Waals surface area contributed by atoms with Crippen LogP contribution in [0.1, 0.15) is 68.2 Å². The molecule has 56 heavy (non-hydrogen) atoms. The van der Waals surface area contributed by atoms with Crippen LogP contribution in [0.5, 0.6) is 0 Å². The van der Waals surface area contributed by atoms with Crippen molar-refractivity contribution in [1.29, 1.82) is 0 Å². The Balaban J connectivity index is 1.04. The Hall–Kier alpha value is -5.66. The van der Waals surface area contributed by atoms with Gasteiger partial charge in [0.15, 0.2) is 0 Å². The molecule has 4 saturated carbocycles. The van der Waals surface area contributed by atoms with Crippen LogP contribution in [0.4, 0.5) is 17.1 Å². The molecule has 7 aromatic carbocycles. The molecule has 0 saturated heterocycles. The summed E-state index contributed by atoms with van der Waals surface area (Å²) in [6, 6.07) is 62.3. The van der Waals surface area contributed by atoms with Crippen molar-refractivity contribution < 1.29 is 0 Å². The summed E-state index contributed by atoms with van der Waals surface area (Å²) in [7, 11) is 0. The van der Waals surface area contributed by atoms with Crippen LogP contribution in [-0.2, 0) is 10.8 Å². The van der Waals surface area contributed by atoms with Gasteiger partial charge in [0.25, 0.3) is 0 Å². The third kappa shape index (κ3) is 4.49. The molecule has 272 valence electrons. The van der Waals surface area contributed by atoms with E-state index in [1.807, 2.05) is 0 Å². The fourth-order valence-electron chi connectivity index (χ4n) is 12.9. The zero-order chi connectivity index (χ0) is 37.2. The van der Waals surface area contributed by atoms with E-state index in [9.17, 15) is 0 Å². The van der Waals surface area contributed by atoms with Crippen LogP contribution in [-0.4, -0.2) is 0 Å². The van der Waals surface area contributed by atoms with Gasteiger partial charge in [-0.1, -0.05) is 141 Å². The first-order valence-electron chi connectivity index (χ1n) is 21.0. The number of nitrogens with zero attached hydrogens (tertiary/aromatic N) is 1. The minimum atomic E-state index is -0.0910. The molecule has 0 amide bonds. The fraction of sp³-hybridized carbons (Fsp3) is 0.236. The molecular formula is C55H47N. The highest BCUT2D eigenvalue weighted by atomic mass is 15.1. The van der Waals surface area contributed by atoms with Gasteiger partial charge in [-0.3, -0.25) is 0 Å². The lowest BCUT2D eigenvalue weighted by atomic mass is 9.43. The molecule has 6 aliphatic carbocycles. The Morgan fingerprint density at radius 2 is 0.911 bits per heavy atom. The average molecular weight is 722 g/mol. The van der Waals surface area contributed by atoms with Crippen molar-refractivity contribution >= 4 is 17.1 Å².